The van der Waals surface area contributed by atoms with Crippen molar-refractivity contribution in [3.05, 3.63) is 40.4 Å². The Kier molecular flexibility index (Phi) is 6.92. The number of aromatic carboxylic acids is 1. The molecule has 1 aromatic rings. The summed E-state index contributed by atoms with van der Waals surface area (Å²) >= 11 is 4.75. The molecule has 8 heteroatoms. The number of halogens is 1. The molecule has 1 aromatic carbocycles. The number of carboxylic acid groups (broad SMARTS) is 1. The third-order valence-corrected chi connectivity index (χ3v) is 5.98. The number of nitrogens with one attached hydrogen (secondary N) is 1. The normalized spacial score (nSPS) is 11.3. The Bertz CT molecular complexity index is 644. The molecule has 0 aliphatic rings. The molecule has 5 nitrogen and oxygen atoms in total. The molecule has 0 radical (unpaired) electrons. The van der Waals surface area contributed by atoms with Gasteiger partial charge in [-0.3, -0.25) is 0 Å². The van der Waals surface area contributed by atoms with E-state index >= 15 is 0 Å². The molecule has 0 amide bonds. The van der Waals surface area contributed by atoms with Crippen molar-refractivity contribution in [1.82, 2.24) is 4.72 Å². The van der Waals surface area contributed by atoms with Crippen LogP contribution in [0.3, 0.4) is 0 Å². The summed E-state index contributed by atoms with van der Waals surface area (Å²) in [7, 11) is -3.74. The van der Waals surface area contributed by atoms with Gasteiger partial charge in [-0.2, -0.15) is 11.8 Å². The van der Waals surface area contributed by atoms with Crippen molar-refractivity contribution in [2.75, 3.05) is 18.1 Å². The van der Waals surface area contributed by atoms with Gasteiger partial charge < -0.3 is 5.11 Å². The predicted molar refractivity (Wildman–Crippen MR) is 88.5 cm³/mol. The van der Waals surface area contributed by atoms with Gasteiger partial charge in [-0.05, 0) is 24.6 Å². The number of sulfonamides is 1. The lowest BCUT2D eigenvalue weighted by Gasteiger charge is -2.11. The first-order valence-electron chi connectivity index (χ1n) is 6.01. The van der Waals surface area contributed by atoms with Gasteiger partial charge in [-0.15, -0.1) is 6.58 Å². The van der Waals surface area contributed by atoms with Crippen molar-refractivity contribution in [2.45, 2.75) is 11.8 Å². The minimum absolute atomic E-state index is 0.0250. The fourth-order valence-corrected chi connectivity index (χ4v) is 4.17. The SMILES string of the molecule is C=CCSCCNS(=O)(=O)c1cc(C(=O)O)cc(Br)c1C. The van der Waals surface area contributed by atoms with Crippen LogP contribution in [0, 0.1) is 6.92 Å². The van der Waals surface area contributed by atoms with E-state index in [1.54, 1.807) is 24.8 Å². The largest absolute Gasteiger partial charge is 0.478 e. The van der Waals surface area contributed by atoms with Gasteiger partial charge in [0.2, 0.25) is 10.0 Å². The Balaban J connectivity index is 2.97. The second kappa shape index (κ2) is 7.98. The quantitative estimate of drug-likeness (QED) is 0.523. The summed E-state index contributed by atoms with van der Waals surface area (Å²) in [5.41, 5.74) is 0.403. The molecule has 0 aromatic heterocycles. The average Bonchev–Trinajstić information content (AvgIpc) is 2.40. The fraction of sp³-hybridized carbons (Fsp3) is 0.308. The van der Waals surface area contributed by atoms with E-state index < -0.39 is 16.0 Å². The highest BCUT2D eigenvalue weighted by atomic mass is 79.9. The number of hydrogen-bond donors (Lipinski definition) is 2. The summed E-state index contributed by atoms with van der Waals surface area (Å²) in [5, 5.41) is 9.01. The van der Waals surface area contributed by atoms with Gasteiger partial charge >= 0.3 is 5.97 Å². The van der Waals surface area contributed by atoms with Crippen LogP contribution in [0.15, 0.2) is 34.2 Å². The first-order valence-corrected chi connectivity index (χ1v) is 9.44. The molecule has 0 fully saturated rings. The molecular formula is C13H16BrNO4S2. The van der Waals surface area contributed by atoms with Crippen LogP contribution in [0.25, 0.3) is 0 Å². The molecule has 2 N–H and O–H groups in total. The van der Waals surface area contributed by atoms with E-state index in [1.165, 1.54) is 12.1 Å². The summed E-state index contributed by atoms with van der Waals surface area (Å²) in [4.78, 5) is 11.0. The molecule has 0 spiro atoms. The number of carboxylic acids is 1. The first kappa shape index (κ1) is 18.2. The first-order chi connectivity index (χ1) is 9.79. The molecule has 0 aliphatic carbocycles. The second-order valence-electron chi connectivity index (χ2n) is 4.15. The van der Waals surface area contributed by atoms with Crippen molar-refractivity contribution in [2.24, 2.45) is 0 Å². The molecule has 0 saturated carbocycles. The lowest BCUT2D eigenvalue weighted by Crippen LogP contribution is -2.27. The van der Waals surface area contributed by atoms with Crippen LogP contribution in [0.5, 0.6) is 0 Å². The zero-order chi connectivity index (χ0) is 16.0. The number of rotatable bonds is 8. The van der Waals surface area contributed by atoms with E-state index in [1.807, 2.05) is 0 Å². The monoisotopic (exact) mass is 393 g/mol. The van der Waals surface area contributed by atoms with Gasteiger partial charge in [0.05, 0.1) is 10.5 Å². The number of benzene rings is 1. The van der Waals surface area contributed by atoms with Crippen LogP contribution in [0.4, 0.5) is 0 Å². The highest BCUT2D eigenvalue weighted by molar-refractivity contribution is 9.10. The number of thioether (sulfide) groups is 1. The molecule has 0 bridgehead atoms. The van der Waals surface area contributed by atoms with Crippen molar-refractivity contribution in [3.63, 3.8) is 0 Å². The van der Waals surface area contributed by atoms with Crippen molar-refractivity contribution >= 4 is 43.7 Å². The van der Waals surface area contributed by atoms with Crippen LogP contribution in [-0.2, 0) is 10.0 Å². The van der Waals surface area contributed by atoms with E-state index in [2.05, 4.69) is 27.2 Å². The number of carbonyl (C=O) groups is 1. The lowest BCUT2D eigenvalue weighted by molar-refractivity contribution is 0.0696. The van der Waals surface area contributed by atoms with Crippen LogP contribution in [-0.4, -0.2) is 37.5 Å². The minimum Gasteiger partial charge on any atom is -0.478 e. The minimum atomic E-state index is -3.74. The maximum atomic E-state index is 12.3. The van der Waals surface area contributed by atoms with Gasteiger partial charge in [0.1, 0.15) is 0 Å². The van der Waals surface area contributed by atoms with Gasteiger partial charge in [0.25, 0.3) is 0 Å². The Hall–Kier alpha value is -0.830. The molecule has 116 valence electrons. The average molecular weight is 394 g/mol. The Morgan fingerprint density at radius 2 is 2.19 bits per heavy atom. The third-order valence-electron chi connectivity index (χ3n) is 2.61. The maximum absolute atomic E-state index is 12.3. The maximum Gasteiger partial charge on any atom is 0.335 e. The van der Waals surface area contributed by atoms with Gasteiger partial charge in [-0.25, -0.2) is 17.9 Å². The van der Waals surface area contributed by atoms with E-state index in [0.29, 0.717) is 15.8 Å². The fourth-order valence-electron chi connectivity index (χ4n) is 1.55. The highest BCUT2D eigenvalue weighted by Crippen LogP contribution is 2.25. The van der Waals surface area contributed by atoms with E-state index in [4.69, 9.17) is 5.11 Å². The molecule has 0 aliphatic heterocycles. The summed E-state index contributed by atoms with van der Waals surface area (Å²) in [6.07, 6.45) is 1.75. The van der Waals surface area contributed by atoms with E-state index in [-0.39, 0.29) is 17.0 Å². The molecule has 21 heavy (non-hydrogen) atoms. The van der Waals surface area contributed by atoms with Gasteiger partial charge in [-0.1, -0.05) is 22.0 Å². The Morgan fingerprint density at radius 1 is 1.52 bits per heavy atom. The van der Waals surface area contributed by atoms with E-state index in [0.717, 1.165) is 5.75 Å². The molecule has 0 saturated heterocycles. The Morgan fingerprint density at radius 3 is 2.76 bits per heavy atom. The number of hydrogen-bond acceptors (Lipinski definition) is 4. The molecule has 0 atom stereocenters. The zero-order valence-corrected chi connectivity index (χ0v) is 14.6. The third kappa shape index (κ3) is 5.14. The van der Waals surface area contributed by atoms with Crippen LogP contribution in [0.2, 0.25) is 0 Å². The van der Waals surface area contributed by atoms with Crippen LogP contribution < -0.4 is 4.72 Å². The van der Waals surface area contributed by atoms with Gasteiger partial charge in [0.15, 0.2) is 0 Å². The smallest absolute Gasteiger partial charge is 0.335 e. The predicted octanol–water partition coefficient (Wildman–Crippen LogP) is 2.65. The van der Waals surface area contributed by atoms with Gasteiger partial charge in [0, 0.05) is 22.5 Å². The topological polar surface area (TPSA) is 83.5 Å². The molecule has 1 rings (SSSR count). The zero-order valence-electron chi connectivity index (χ0n) is 11.4. The second-order valence-corrected chi connectivity index (χ2v) is 7.89. The van der Waals surface area contributed by atoms with Crippen molar-refractivity contribution in [3.8, 4) is 0 Å². The van der Waals surface area contributed by atoms with Crippen LogP contribution >= 0.6 is 27.7 Å². The Labute approximate surface area is 137 Å². The van der Waals surface area contributed by atoms with Crippen LogP contribution in [0.1, 0.15) is 15.9 Å². The summed E-state index contributed by atoms with van der Waals surface area (Å²) < 4.78 is 27.4. The lowest BCUT2D eigenvalue weighted by atomic mass is 10.1. The van der Waals surface area contributed by atoms with E-state index in [9.17, 15) is 13.2 Å². The van der Waals surface area contributed by atoms with Crippen molar-refractivity contribution in [1.29, 1.82) is 0 Å². The summed E-state index contributed by atoms with van der Waals surface area (Å²) in [6.45, 7) is 5.48. The molecule has 0 unspecified atom stereocenters. The standard InChI is InChI=1S/C13H16BrNO4S2/c1-3-5-20-6-4-15-21(18,19)12-8-10(13(16)17)7-11(14)9(12)2/h3,7-8,15H,1,4-6H2,2H3,(H,16,17). The molecular weight excluding hydrogens is 378 g/mol. The molecule has 0 heterocycles. The summed E-state index contributed by atoms with van der Waals surface area (Å²) in [6, 6.07) is 2.55. The highest BCUT2D eigenvalue weighted by Gasteiger charge is 2.20. The summed E-state index contributed by atoms with van der Waals surface area (Å²) in [5.74, 6) is 0.193. The van der Waals surface area contributed by atoms with Crippen molar-refractivity contribution < 1.29 is 18.3 Å².